The van der Waals surface area contributed by atoms with Crippen LogP contribution in [-0.4, -0.2) is 36.6 Å². The summed E-state index contributed by atoms with van der Waals surface area (Å²) in [5, 5.41) is 12.0. The first-order valence-electron chi connectivity index (χ1n) is 8.09. The molecule has 0 bridgehead atoms. The van der Waals surface area contributed by atoms with E-state index in [1.54, 1.807) is 11.0 Å². The molecular weight excluding hydrogens is 292 g/mol. The van der Waals surface area contributed by atoms with Crippen LogP contribution in [0.25, 0.3) is 6.08 Å². The summed E-state index contributed by atoms with van der Waals surface area (Å²) in [5.74, 6) is 0.0223. The van der Waals surface area contributed by atoms with Gasteiger partial charge < -0.3 is 15.3 Å². The van der Waals surface area contributed by atoms with Crippen molar-refractivity contribution in [3.63, 3.8) is 0 Å². The van der Waals surface area contributed by atoms with Crippen LogP contribution in [0.4, 0.5) is 5.69 Å². The van der Waals surface area contributed by atoms with Crippen LogP contribution in [0.1, 0.15) is 31.2 Å². The standard InChI is InChI=1S/C18H22N2O3/c21-13-18(9-10-18)12-19-16(22)8-5-14-3-6-15(7-4-14)20-11-1-2-17(20)23/h3-8,21H,1-2,9-13H2,(H,19,22)/b8-5+. The summed E-state index contributed by atoms with van der Waals surface area (Å²) in [6, 6.07) is 7.62. The van der Waals surface area contributed by atoms with Crippen LogP contribution >= 0.6 is 0 Å². The third-order valence-corrected chi connectivity index (χ3v) is 4.64. The second-order valence-corrected chi connectivity index (χ2v) is 6.45. The molecule has 0 unspecified atom stereocenters. The maximum absolute atomic E-state index is 11.8. The molecule has 1 aliphatic carbocycles. The first kappa shape index (κ1) is 15.7. The van der Waals surface area contributed by atoms with Gasteiger partial charge in [-0.15, -0.1) is 0 Å². The first-order chi connectivity index (χ1) is 11.1. The van der Waals surface area contributed by atoms with Crippen LogP contribution in [0.15, 0.2) is 30.3 Å². The van der Waals surface area contributed by atoms with Gasteiger partial charge in [-0.25, -0.2) is 0 Å². The van der Waals surface area contributed by atoms with E-state index < -0.39 is 0 Å². The van der Waals surface area contributed by atoms with E-state index in [2.05, 4.69) is 5.32 Å². The first-order valence-corrected chi connectivity index (χ1v) is 8.09. The smallest absolute Gasteiger partial charge is 0.244 e. The Kier molecular flexibility index (Phi) is 4.48. The third kappa shape index (κ3) is 3.79. The highest BCUT2D eigenvalue weighted by Gasteiger charge is 2.41. The lowest BCUT2D eigenvalue weighted by Gasteiger charge is -2.15. The summed E-state index contributed by atoms with van der Waals surface area (Å²) in [4.78, 5) is 25.3. The van der Waals surface area contributed by atoms with Crippen LogP contribution in [-0.2, 0) is 9.59 Å². The van der Waals surface area contributed by atoms with Gasteiger partial charge in [-0.1, -0.05) is 12.1 Å². The maximum Gasteiger partial charge on any atom is 0.244 e. The van der Waals surface area contributed by atoms with Gasteiger partial charge >= 0.3 is 0 Å². The molecule has 1 aliphatic heterocycles. The van der Waals surface area contributed by atoms with Crippen LogP contribution in [0.5, 0.6) is 0 Å². The average molecular weight is 314 g/mol. The van der Waals surface area contributed by atoms with E-state index in [9.17, 15) is 14.7 Å². The Labute approximate surface area is 136 Å². The molecule has 1 saturated heterocycles. The van der Waals surface area contributed by atoms with Crippen molar-refractivity contribution in [1.29, 1.82) is 0 Å². The molecule has 2 N–H and O–H groups in total. The average Bonchev–Trinajstić information content (AvgIpc) is 3.25. The molecule has 0 aromatic heterocycles. The Balaban J connectivity index is 1.53. The van der Waals surface area contributed by atoms with Crippen molar-refractivity contribution >= 4 is 23.6 Å². The summed E-state index contributed by atoms with van der Waals surface area (Å²) in [7, 11) is 0. The lowest BCUT2D eigenvalue weighted by atomic mass is 10.1. The monoisotopic (exact) mass is 314 g/mol. The second kappa shape index (κ2) is 6.54. The number of benzene rings is 1. The molecule has 1 aromatic rings. The molecule has 5 nitrogen and oxygen atoms in total. The van der Waals surface area contributed by atoms with Gasteiger partial charge in [-0.3, -0.25) is 9.59 Å². The molecular formula is C18H22N2O3. The molecule has 0 spiro atoms. The third-order valence-electron chi connectivity index (χ3n) is 4.64. The van der Waals surface area contributed by atoms with Crippen molar-refractivity contribution in [2.75, 3.05) is 24.6 Å². The zero-order valence-electron chi connectivity index (χ0n) is 13.1. The molecule has 1 aromatic carbocycles. The number of nitrogens with one attached hydrogen (secondary N) is 1. The largest absolute Gasteiger partial charge is 0.396 e. The molecule has 1 saturated carbocycles. The Hall–Kier alpha value is -2.14. The number of hydrogen-bond donors (Lipinski definition) is 2. The van der Waals surface area contributed by atoms with Gasteiger partial charge in [0.2, 0.25) is 11.8 Å². The molecule has 23 heavy (non-hydrogen) atoms. The van der Waals surface area contributed by atoms with E-state index in [0.717, 1.165) is 37.1 Å². The molecule has 0 atom stereocenters. The number of hydrogen-bond acceptors (Lipinski definition) is 3. The normalized spacial score (nSPS) is 19.3. The molecule has 2 fully saturated rings. The maximum atomic E-state index is 11.8. The fraction of sp³-hybridized carbons (Fsp3) is 0.444. The van der Waals surface area contributed by atoms with E-state index in [1.807, 2.05) is 24.3 Å². The highest BCUT2D eigenvalue weighted by molar-refractivity contribution is 5.95. The highest BCUT2D eigenvalue weighted by Crippen LogP contribution is 2.44. The second-order valence-electron chi connectivity index (χ2n) is 6.45. The van der Waals surface area contributed by atoms with Crippen LogP contribution in [0, 0.1) is 5.41 Å². The van der Waals surface area contributed by atoms with Crippen LogP contribution in [0.3, 0.4) is 0 Å². The topological polar surface area (TPSA) is 69.6 Å². The summed E-state index contributed by atoms with van der Waals surface area (Å²) in [6.07, 6.45) is 6.74. The molecule has 5 heteroatoms. The fourth-order valence-electron chi connectivity index (χ4n) is 2.76. The summed E-state index contributed by atoms with van der Waals surface area (Å²) >= 11 is 0. The predicted octanol–water partition coefficient (Wildman–Crippen LogP) is 1.72. The van der Waals surface area contributed by atoms with Crippen molar-refractivity contribution < 1.29 is 14.7 Å². The summed E-state index contributed by atoms with van der Waals surface area (Å²) in [6.45, 7) is 1.44. The Morgan fingerprint density at radius 1 is 1.30 bits per heavy atom. The van der Waals surface area contributed by atoms with Gasteiger partial charge in [0.05, 0.1) is 6.61 Å². The predicted molar refractivity (Wildman–Crippen MR) is 88.8 cm³/mol. The molecule has 2 amide bonds. The highest BCUT2D eigenvalue weighted by atomic mass is 16.3. The van der Waals surface area contributed by atoms with Gasteiger partial charge in [0.1, 0.15) is 0 Å². The number of anilines is 1. The number of aliphatic hydroxyl groups is 1. The summed E-state index contributed by atoms with van der Waals surface area (Å²) < 4.78 is 0. The van der Waals surface area contributed by atoms with Crippen LogP contribution in [0.2, 0.25) is 0 Å². The van der Waals surface area contributed by atoms with Gasteiger partial charge in [-0.05, 0) is 43.0 Å². The number of amides is 2. The Morgan fingerprint density at radius 2 is 2.04 bits per heavy atom. The van der Waals surface area contributed by atoms with E-state index in [1.165, 1.54) is 6.08 Å². The fourth-order valence-corrected chi connectivity index (χ4v) is 2.76. The molecule has 3 rings (SSSR count). The van der Waals surface area contributed by atoms with Gasteiger partial charge in [0.15, 0.2) is 0 Å². The van der Waals surface area contributed by atoms with Crippen molar-refractivity contribution in [3.8, 4) is 0 Å². The van der Waals surface area contributed by atoms with Gasteiger partial charge in [-0.2, -0.15) is 0 Å². The number of aliphatic hydroxyl groups excluding tert-OH is 1. The van der Waals surface area contributed by atoms with E-state index in [-0.39, 0.29) is 23.8 Å². The molecule has 1 heterocycles. The Morgan fingerprint density at radius 3 is 2.61 bits per heavy atom. The lowest BCUT2D eigenvalue weighted by Crippen LogP contribution is -2.30. The van der Waals surface area contributed by atoms with Crippen molar-refractivity contribution in [3.05, 3.63) is 35.9 Å². The van der Waals surface area contributed by atoms with E-state index in [0.29, 0.717) is 13.0 Å². The van der Waals surface area contributed by atoms with Crippen molar-refractivity contribution in [1.82, 2.24) is 5.32 Å². The zero-order chi connectivity index (χ0) is 16.3. The molecule has 2 aliphatic rings. The van der Waals surface area contributed by atoms with Gasteiger partial charge in [0.25, 0.3) is 0 Å². The van der Waals surface area contributed by atoms with Crippen LogP contribution < -0.4 is 10.2 Å². The minimum Gasteiger partial charge on any atom is -0.396 e. The SMILES string of the molecule is O=C(/C=C/c1ccc(N2CCCC2=O)cc1)NCC1(CO)CC1. The molecule has 122 valence electrons. The minimum absolute atomic E-state index is 0.0760. The zero-order valence-corrected chi connectivity index (χ0v) is 13.1. The minimum atomic E-state index is -0.150. The summed E-state index contributed by atoms with van der Waals surface area (Å²) in [5.41, 5.74) is 1.75. The number of nitrogens with zero attached hydrogens (tertiary/aromatic N) is 1. The van der Waals surface area contributed by atoms with Crippen molar-refractivity contribution in [2.45, 2.75) is 25.7 Å². The quantitative estimate of drug-likeness (QED) is 0.786. The number of rotatable bonds is 6. The Bertz CT molecular complexity index is 618. The number of carbonyl (C=O) groups excluding carboxylic acids is 2. The van der Waals surface area contributed by atoms with E-state index in [4.69, 9.17) is 0 Å². The van der Waals surface area contributed by atoms with E-state index >= 15 is 0 Å². The number of carbonyl (C=O) groups is 2. The van der Waals surface area contributed by atoms with Gasteiger partial charge in [0, 0.05) is 36.7 Å². The molecule has 0 radical (unpaired) electrons. The van der Waals surface area contributed by atoms with Crippen molar-refractivity contribution in [2.24, 2.45) is 5.41 Å². The lowest BCUT2D eigenvalue weighted by molar-refractivity contribution is -0.117.